The fraction of sp³-hybridized carbons (Fsp3) is 0.238. The molecule has 0 spiro atoms. The summed E-state index contributed by atoms with van der Waals surface area (Å²) >= 11 is 18.6. The standard InChI is InChI=1S/C21H18Cl3N3O/c22-16-7-3-2-6-15(16)19-13-20(21(28)26-10-4-1-5-11-26)27(25-19)14-8-9-17(23)18(24)12-14/h2-3,6-9,12-13H,1,4-5,10-11H2. The second kappa shape index (κ2) is 8.16. The van der Waals surface area contributed by atoms with E-state index in [2.05, 4.69) is 5.10 Å². The summed E-state index contributed by atoms with van der Waals surface area (Å²) in [6.45, 7) is 1.51. The Morgan fingerprint density at radius 3 is 2.32 bits per heavy atom. The van der Waals surface area contributed by atoms with Crippen LogP contribution in [-0.4, -0.2) is 33.7 Å². The van der Waals surface area contributed by atoms with Gasteiger partial charge >= 0.3 is 0 Å². The smallest absolute Gasteiger partial charge is 0.272 e. The minimum Gasteiger partial charge on any atom is -0.337 e. The van der Waals surface area contributed by atoms with Gasteiger partial charge in [0, 0.05) is 18.7 Å². The van der Waals surface area contributed by atoms with Crippen molar-refractivity contribution in [3.05, 3.63) is 69.3 Å². The van der Waals surface area contributed by atoms with Crippen LogP contribution in [0.4, 0.5) is 0 Å². The lowest BCUT2D eigenvalue weighted by Gasteiger charge is -2.26. The van der Waals surface area contributed by atoms with Crippen LogP contribution in [0.15, 0.2) is 48.5 Å². The van der Waals surface area contributed by atoms with Crippen molar-refractivity contribution in [3.8, 4) is 16.9 Å². The first-order chi connectivity index (χ1) is 13.5. The molecule has 4 rings (SSSR count). The average molecular weight is 435 g/mol. The molecule has 7 heteroatoms. The average Bonchev–Trinajstić information content (AvgIpc) is 3.15. The van der Waals surface area contributed by atoms with Gasteiger partial charge in [-0.05, 0) is 49.6 Å². The third-order valence-electron chi connectivity index (χ3n) is 4.87. The van der Waals surface area contributed by atoms with Crippen molar-refractivity contribution in [2.24, 2.45) is 0 Å². The summed E-state index contributed by atoms with van der Waals surface area (Å²) in [6.07, 6.45) is 3.19. The number of rotatable bonds is 3. The van der Waals surface area contributed by atoms with Gasteiger partial charge in [0.25, 0.3) is 5.91 Å². The Morgan fingerprint density at radius 1 is 0.857 bits per heavy atom. The Hall–Kier alpha value is -2.01. The number of amides is 1. The Labute approximate surface area is 178 Å². The topological polar surface area (TPSA) is 38.1 Å². The SMILES string of the molecule is O=C(c1cc(-c2ccccc2Cl)nn1-c1ccc(Cl)c(Cl)c1)N1CCCCC1. The van der Waals surface area contributed by atoms with Crippen LogP contribution in [0.25, 0.3) is 16.9 Å². The first kappa shape index (κ1) is 19.3. The normalized spacial score (nSPS) is 14.3. The summed E-state index contributed by atoms with van der Waals surface area (Å²) in [4.78, 5) is 15.1. The van der Waals surface area contributed by atoms with Crippen LogP contribution in [0, 0.1) is 0 Å². The number of carbonyl (C=O) groups is 1. The molecule has 1 saturated heterocycles. The molecule has 1 fully saturated rings. The summed E-state index contributed by atoms with van der Waals surface area (Å²) in [5.41, 5.74) is 2.57. The van der Waals surface area contributed by atoms with E-state index in [0.29, 0.717) is 32.1 Å². The van der Waals surface area contributed by atoms with Gasteiger partial charge in [-0.25, -0.2) is 4.68 Å². The molecule has 1 aromatic heterocycles. The number of benzene rings is 2. The highest BCUT2D eigenvalue weighted by Crippen LogP contribution is 2.30. The Balaban J connectivity index is 1.83. The first-order valence-corrected chi connectivity index (χ1v) is 10.3. The quantitative estimate of drug-likeness (QED) is 0.497. The van der Waals surface area contributed by atoms with Crippen molar-refractivity contribution in [1.82, 2.24) is 14.7 Å². The van der Waals surface area contributed by atoms with Crippen molar-refractivity contribution in [2.45, 2.75) is 19.3 Å². The molecular weight excluding hydrogens is 417 g/mol. The highest BCUT2D eigenvalue weighted by molar-refractivity contribution is 6.42. The fourth-order valence-corrected chi connectivity index (χ4v) is 3.93. The van der Waals surface area contributed by atoms with Crippen LogP contribution in [0.3, 0.4) is 0 Å². The number of piperidine rings is 1. The summed E-state index contributed by atoms with van der Waals surface area (Å²) < 4.78 is 1.62. The van der Waals surface area contributed by atoms with E-state index in [1.165, 1.54) is 0 Å². The Kier molecular flexibility index (Phi) is 5.63. The summed E-state index contributed by atoms with van der Waals surface area (Å²) in [5, 5.41) is 6.12. The number of carbonyl (C=O) groups excluding carboxylic acids is 1. The van der Waals surface area contributed by atoms with Crippen LogP contribution >= 0.6 is 34.8 Å². The number of likely N-dealkylation sites (tertiary alicyclic amines) is 1. The van der Waals surface area contributed by atoms with Crippen molar-refractivity contribution >= 4 is 40.7 Å². The third kappa shape index (κ3) is 3.77. The molecule has 2 heterocycles. The minimum atomic E-state index is -0.0448. The van der Waals surface area contributed by atoms with E-state index < -0.39 is 0 Å². The number of nitrogens with zero attached hydrogens (tertiary/aromatic N) is 3. The maximum Gasteiger partial charge on any atom is 0.272 e. The Bertz CT molecular complexity index is 1030. The highest BCUT2D eigenvalue weighted by Gasteiger charge is 2.24. The van der Waals surface area contributed by atoms with Crippen molar-refractivity contribution in [1.29, 1.82) is 0 Å². The molecule has 0 atom stereocenters. The molecule has 28 heavy (non-hydrogen) atoms. The number of hydrogen-bond acceptors (Lipinski definition) is 2. The van der Waals surface area contributed by atoms with Gasteiger partial charge in [0.1, 0.15) is 5.69 Å². The maximum absolute atomic E-state index is 13.2. The van der Waals surface area contributed by atoms with E-state index >= 15 is 0 Å². The summed E-state index contributed by atoms with van der Waals surface area (Å²) in [6, 6.07) is 14.4. The highest BCUT2D eigenvalue weighted by atomic mass is 35.5. The second-order valence-corrected chi connectivity index (χ2v) is 7.98. The van der Waals surface area contributed by atoms with E-state index in [4.69, 9.17) is 34.8 Å². The van der Waals surface area contributed by atoms with Gasteiger partial charge in [0.15, 0.2) is 0 Å². The van der Waals surface area contributed by atoms with Crippen LogP contribution in [0.5, 0.6) is 0 Å². The van der Waals surface area contributed by atoms with Crippen molar-refractivity contribution in [2.75, 3.05) is 13.1 Å². The molecule has 0 saturated carbocycles. The van der Waals surface area contributed by atoms with Crippen molar-refractivity contribution in [3.63, 3.8) is 0 Å². The Morgan fingerprint density at radius 2 is 1.61 bits per heavy atom. The lowest BCUT2D eigenvalue weighted by atomic mass is 10.1. The molecule has 4 nitrogen and oxygen atoms in total. The zero-order valence-corrected chi connectivity index (χ0v) is 17.3. The molecule has 0 aliphatic carbocycles. The first-order valence-electron chi connectivity index (χ1n) is 9.14. The maximum atomic E-state index is 13.2. The summed E-state index contributed by atoms with van der Waals surface area (Å²) in [5.74, 6) is -0.0448. The van der Waals surface area contributed by atoms with E-state index in [1.807, 2.05) is 23.1 Å². The molecule has 144 valence electrons. The van der Waals surface area contributed by atoms with Gasteiger partial charge in [-0.15, -0.1) is 0 Å². The number of aromatic nitrogens is 2. The van der Waals surface area contributed by atoms with Crippen molar-refractivity contribution < 1.29 is 4.79 Å². The number of hydrogen-bond donors (Lipinski definition) is 0. The van der Waals surface area contributed by atoms with E-state index in [-0.39, 0.29) is 5.91 Å². The fourth-order valence-electron chi connectivity index (χ4n) is 3.41. The molecule has 1 amide bonds. The number of halogens is 3. The van der Waals surface area contributed by atoms with Crippen LogP contribution < -0.4 is 0 Å². The molecule has 3 aromatic rings. The van der Waals surface area contributed by atoms with Gasteiger partial charge in [-0.3, -0.25) is 4.79 Å². The molecule has 2 aromatic carbocycles. The van der Waals surface area contributed by atoms with Gasteiger partial charge in [-0.1, -0.05) is 53.0 Å². The summed E-state index contributed by atoms with van der Waals surface area (Å²) in [7, 11) is 0. The second-order valence-electron chi connectivity index (χ2n) is 6.76. The minimum absolute atomic E-state index is 0.0448. The van der Waals surface area contributed by atoms with Gasteiger partial charge in [0.2, 0.25) is 0 Å². The van der Waals surface area contributed by atoms with Gasteiger partial charge in [-0.2, -0.15) is 5.10 Å². The van der Waals surface area contributed by atoms with Gasteiger partial charge < -0.3 is 4.90 Å². The molecule has 1 aliphatic rings. The predicted octanol–water partition coefficient (Wildman–Crippen LogP) is 6.13. The lowest BCUT2D eigenvalue weighted by Crippen LogP contribution is -2.36. The van der Waals surface area contributed by atoms with Crippen LogP contribution in [-0.2, 0) is 0 Å². The molecule has 0 radical (unpaired) electrons. The largest absolute Gasteiger partial charge is 0.337 e. The molecular formula is C21H18Cl3N3O. The van der Waals surface area contributed by atoms with E-state index in [9.17, 15) is 4.79 Å². The monoisotopic (exact) mass is 433 g/mol. The lowest BCUT2D eigenvalue weighted by molar-refractivity contribution is 0.0715. The van der Waals surface area contributed by atoms with Crippen LogP contribution in [0.2, 0.25) is 15.1 Å². The van der Waals surface area contributed by atoms with E-state index in [0.717, 1.165) is 37.9 Å². The molecule has 0 bridgehead atoms. The third-order valence-corrected chi connectivity index (χ3v) is 5.94. The zero-order valence-electron chi connectivity index (χ0n) is 15.0. The zero-order chi connectivity index (χ0) is 19.7. The molecule has 0 N–H and O–H groups in total. The predicted molar refractivity (Wildman–Crippen MR) is 114 cm³/mol. The van der Waals surface area contributed by atoms with Gasteiger partial charge in [0.05, 0.1) is 26.4 Å². The van der Waals surface area contributed by atoms with Crippen LogP contribution in [0.1, 0.15) is 29.8 Å². The molecule has 0 unspecified atom stereocenters. The van der Waals surface area contributed by atoms with E-state index in [1.54, 1.807) is 35.0 Å². The molecule has 1 aliphatic heterocycles.